The van der Waals surface area contributed by atoms with Gasteiger partial charge in [0, 0.05) is 30.2 Å². The van der Waals surface area contributed by atoms with Gasteiger partial charge in [0.2, 0.25) is 5.91 Å². The Bertz CT molecular complexity index is 1000. The van der Waals surface area contributed by atoms with Crippen molar-refractivity contribution in [1.29, 1.82) is 0 Å². The lowest BCUT2D eigenvalue weighted by Gasteiger charge is -2.23. The SMILES string of the molecule is CC1(C(=O)NCc2ccc(-n3cnc4ccccc43)cc2Cl)CC(O)CN1. The van der Waals surface area contributed by atoms with E-state index in [0.717, 1.165) is 22.3 Å². The van der Waals surface area contributed by atoms with E-state index < -0.39 is 11.6 Å². The number of amides is 1. The number of aromatic nitrogens is 2. The normalized spacial score (nSPS) is 22.3. The number of hydrogen-bond donors (Lipinski definition) is 3. The van der Waals surface area contributed by atoms with Crippen molar-refractivity contribution < 1.29 is 9.90 Å². The molecule has 1 aromatic heterocycles. The van der Waals surface area contributed by atoms with Crippen LogP contribution in [0.3, 0.4) is 0 Å². The highest BCUT2D eigenvalue weighted by molar-refractivity contribution is 6.31. The van der Waals surface area contributed by atoms with E-state index in [1.807, 2.05) is 47.0 Å². The second-order valence-corrected chi connectivity index (χ2v) is 7.54. The average molecular weight is 385 g/mol. The van der Waals surface area contributed by atoms with Gasteiger partial charge in [0.05, 0.1) is 22.7 Å². The molecule has 7 heteroatoms. The fourth-order valence-corrected chi connectivity index (χ4v) is 3.74. The highest BCUT2D eigenvalue weighted by atomic mass is 35.5. The number of aliphatic hydroxyl groups is 1. The number of nitrogens with one attached hydrogen (secondary N) is 2. The topological polar surface area (TPSA) is 79.2 Å². The van der Waals surface area contributed by atoms with Crippen LogP contribution in [0.25, 0.3) is 16.7 Å². The number of rotatable bonds is 4. The summed E-state index contributed by atoms with van der Waals surface area (Å²) in [5.74, 6) is -0.139. The number of benzene rings is 2. The molecule has 1 fully saturated rings. The van der Waals surface area contributed by atoms with Crippen LogP contribution < -0.4 is 10.6 Å². The molecule has 0 radical (unpaired) electrons. The zero-order chi connectivity index (χ0) is 19.0. The summed E-state index contributed by atoms with van der Waals surface area (Å²) in [4.78, 5) is 16.9. The third-order valence-electron chi connectivity index (χ3n) is 5.08. The van der Waals surface area contributed by atoms with Crippen LogP contribution in [0, 0.1) is 0 Å². The maximum atomic E-state index is 12.5. The van der Waals surface area contributed by atoms with Gasteiger partial charge in [-0.05, 0) is 36.8 Å². The number of halogens is 1. The van der Waals surface area contributed by atoms with Crippen molar-refractivity contribution in [3.05, 3.63) is 59.4 Å². The molecule has 2 heterocycles. The van der Waals surface area contributed by atoms with Crippen LogP contribution in [0.5, 0.6) is 0 Å². The minimum Gasteiger partial charge on any atom is -0.392 e. The molecule has 1 aliphatic heterocycles. The second-order valence-electron chi connectivity index (χ2n) is 7.13. The van der Waals surface area contributed by atoms with E-state index in [4.69, 9.17) is 11.6 Å². The monoisotopic (exact) mass is 384 g/mol. The number of hydrogen-bond acceptors (Lipinski definition) is 4. The zero-order valence-electron chi connectivity index (χ0n) is 14.9. The van der Waals surface area contributed by atoms with Gasteiger partial charge < -0.3 is 15.7 Å². The van der Waals surface area contributed by atoms with Gasteiger partial charge in [-0.3, -0.25) is 9.36 Å². The Morgan fingerprint density at radius 3 is 2.96 bits per heavy atom. The van der Waals surface area contributed by atoms with Crippen LogP contribution >= 0.6 is 11.6 Å². The summed E-state index contributed by atoms with van der Waals surface area (Å²) < 4.78 is 1.98. The molecule has 2 unspecified atom stereocenters. The van der Waals surface area contributed by atoms with Gasteiger partial charge in [0.25, 0.3) is 0 Å². The summed E-state index contributed by atoms with van der Waals surface area (Å²) in [6, 6.07) is 13.6. The Morgan fingerprint density at radius 2 is 2.22 bits per heavy atom. The van der Waals surface area contributed by atoms with Crippen LogP contribution in [0.4, 0.5) is 0 Å². The van der Waals surface area contributed by atoms with Gasteiger partial charge in [-0.15, -0.1) is 0 Å². The number of imidazole rings is 1. The maximum absolute atomic E-state index is 12.5. The molecular formula is C20H21ClN4O2. The zero-order valence-corrected chi connectivity index (χ0v) is 15.7. The molecule has 1 aliphatic rings. The number of aliphatic hydroxyl groups excluding tert-OH is 1. The Labute approximate surface area is 162 Å². The lowest BCUT2D eigenvalue weighted by Crippen LogP contribution is -2.50. The molecule has 27 heavy (non-hydrogen) atoms. The summed E-state index contributed by atoms with van der Waals surface area (Å²) in [5, 5.41) is 16.2. The molecule has 1 amide bonds. The molecular weight excluding hydrogens is 364 g/mol. The number of fused-ring (bicyclic) bond motifs is 1. The number of para-hydroxylation sites is 2. The molecule has 2 atom stereocenters. The van der Waals surface area contributed by atoms with E-state index in [2.05, 4.69) is 15.6 Å². The van der Waals surface area contributed by atoms with Gasteiger partial charge in [-0.2, -0.15) is 0 Å². The molecule has 0 bridgehead atoms. The summed E-state index contributed by atoms with van der Waals surface area (Å²) >= 11 is 6.46. The van der Waals surface area contributed by atoms with Gasteiger partial charge in [-0.25, -0.2) is 4.98 Å². The quantitative estimate of drug-likeness (QED) is 0.645. The molecule has 0 spiro atoms. The van der Waals surface area contributed by atoms with Crippen molar-refractivity contribution in [3.8, 4) is 5.69 Å². The average Bonchev–Trinajstić information content (AvgIpc) is 3.24. The third-order valence-corrected chi connectivity index (χ3v) is 5.43. The summed E-state index contributed by atoms with van der Waals surface area (Å²) in [6.07, 6.45) is 1.68. The van der Waals surface area contributed by atoms with Crippen molar-refractivity contribution in [3.63, 3.8) is 0 Å². The minimum absolute atomic E-state index is 0.139. The van der Waals surface area contributed by atoms with Gasteiger partial charge in [0.15, 0.2) is 0 Å². The van der Waals surface area contributed by atoms with E-state index >= 15 is 0 Å². The number of carbonyl (C=O) groups excluding carboxylic acids is 1. The molecule has 140 valence electrons. The Morgan fingerprint density at radius 1 is 1.41 bits per heavy atom. The van der Waals surface area contributed by atoms with Crippen molar-refractivity contribution in [2.24, 2.45) is 0 Å². The molecule has 3 N–H and O–H groups in total. The van der Waals surface area contributed by atoms with Crippen molar-refractivity contribution in [2.75, 3.05) is 6.54 Å². The van der Waals surface area contributed by atoms with Crippen LogP contribution in [0.2, 0.25) is 5.02 Å². The van der Waals surface area contributed by atoms with Crippen LogP contribution in [0.15, 0.2) is 48.8 Å². The van der Waals surface area contributed by atoms with Crippen LogP contribution in [0.1, 0.15) is 18.9 Å². The molecule has 6 nitrogen and oxygen atoms in total. The van der Waals surface area contributed by atoms with Crippen molar-refractivity contribution >= 4 is 28.5 Å². The Hall–Kier alpha value is -2.41. The van der Waals surface area contributed by atoms with Crippen LogP contribution in [-0.4, -0.2) is 38.8 Å². The number of nitrogens with zero attached hydrogens (tertiary/aromatic N) is 2. The van der Waals surface area contributed by atoms with Gasteiger partial charge in [0.1, 0.15) is 6.33 Å². The summed E-state index contributed by atoms with van der Waals surface area (Å²) in [7, 11) is 0. The lowest BCUT2D eigenvalue weighted by molar-refractivity contribution is -0.126. The predicted molar refractivity (Wildman–Crippen MR) is 105 cm³/mol. The first-order valence-corrected chi connectivity index (χ1v) is 9.26. The fourth-order valence-electron chi connectivity index (χ4n) is 3.50. The van der Waals surface area contributed by atoms with E-state index in [9.17, 15) is 9.90 Å². The van der Waals surface area contributed by atoms with Crippen molar-refractivity contribution in [1.82, 2.24) is 20.2 Å². The summed E-state index contributed by atoms with van der Waals surface area (Å²) in [6.45, 7) is 2.56. The smallest absolute Gasteiger partial charge is 0.240 e. The second kappa shape index (κ2) is 6.96. The van der Waals surface area contributed by atoms with E-state index in [0.29, 0.717) is 24.5 Å². The molecule has 0 aliphatic carbocycles. The minimum atomic E-state index is -0.748. The Kier molecular flexibility index (Phi) is 4.63. The first-order valence-electron chi connectivity index (χ1n) is 8.88. The maximum Gasteiger partial charge on any atom is 0.240 e. The first kappa shape index (κ1) is 18.0. The summed E-state index contributed by atoms with van der Waals surface area (Å²) in [5.41, 5.74) is 2.93. The van der Waals surface area contributed by atoms with Crippen molar-refractivity contribution in [2.45, 2.75) is 31.5 Å². The van der Waals surface area contributed by atoms with E-state index in [-0.39, 0.29) is 5.91 Å². The number of β-amino-alcohol motifs (C(OH)–C–C–N with tert-alkyl or cyclic N) is 1. The third kappa shape index (κ3) is 3.43. The molecule has 1 saturated heterocycles. The number of carbonyl (C=O) groups is 1. The highest BCUT2D eigenvalue weighted by Gasteiger charge is 2.40. The lowest BCUT2D eigenvalue weighted by atomic mass is 9.98. The molecule has 0 saturated carbocycles. The van der Waals surface area contributed by atoms with Gasteiger partial charge >= 0.3 is 0 Å². The van der Waals surface area contributed by atoms with E-state index in [1.54, 1.807) is 13.3 Å². The molecule has 2 aromatic carbocycles. The standard InChI is InChI=1S/C20H21ClN4O2/c1-20(9-15(26)11-24-20)19(27)22-10-13-6-7-14(8-16(13)21)25-12-23-17-4-2-3-5-18(17)25/h2-8,12,15,24,26H,9-11H2,1H3,(H,22,27). The first-order chi connectivity index (χ1) is 13.0. The van der Waals surface area contributed by atoms with E-state index in [1.165, 1.54) is 0 Å². The molecule has 4 rings (SSSR count). The predicted octanol–water partition coefficient (Wildman–Crippen LogP) is 2.41. The fraction of sp³-hybridized carbons (Fsp3) is 0.300. The molecule has 3 aromatic rings. The largest absolute Gasteiger partial charge is 0.392 e. The Balaban J connectivity index is 1.50. The highest BCUT2D eigenvalue weighted by Crippen LogP contribution is 2.24. The van der Waals surface area contributed by atoms with Crippen LogP contribution in [-0.2, 0) is 11.3 Å². The van der Waals surface area contributed by atoms with Gasteiger partial charge in [-0.1, -0.05) is 29.8 Å².